The molecule has 12 heavy (non-hydrogen) atoms. The van der Waals surface area contributed by atoms with Gasteiger partial charge in [-0.25, -0.2) is 0 Å². The van der Waals surface area contributed by atoms with Crippen molar-refractivity contribution >= 4 is 58.9 Å². The monoisotopic (exact) mass is 147 g/mol. The molecule has 0 fully saturated rings. The van der Waals surface area contributed by atoms with Crippen LogP contribution in [0.1, 0.15) is 5.56 Å². The highest BCUT2D eigenvalue weighted by molar-refractivity contribution is 6.64. The molecule has 50 valence electrons. The average molecular weight is 146 g/mol. The van der Waals surface area contributed by atoms with Gasteiger partial charge in [0, 0.05) is 5.69 Å². The van der Waals surface area contributed by atoms with E-state index in [2.05, 4.69) is 0 Å². The highest BCUT2D eigenvalue weighted by Crippen LogP contribution is 1.98. The fourth-order valence-electron chi connectivity index (χ4n) is 0.984. The number of nitrogen functional groups attached to an aromatic ring is 1. The van der Waals surface area contributed by atoms with Gasteiger partial charge in [-0.05, 0) is 12.5 Å². The molecule has 1 rings (SSSR count). The van der Waals surface area contributed by atoms with Gasteiger partial charge in [-0.3, -0.25) is 0 Å². The lowest BCUT2D eigenvalue weighted by Gasteiger charge is -2.17. The van der Waals surface area contributed by atoms with Crippen molar-refractivity contribution in [2.45, 2.75) is 6.92 Å². The molecule has 8 radical (unpaired) electrons. The first kappa shape index (κ1) is 9.37. The van der Waals surface area contributed by atoms with Crippen molar-refractivity contribution in [3.63, 3.8) is 0 Å². The van der Waals surface area contributed by atoms with Crippen LogP contribution in [0.15, 0.2) is 0 Å². The molecule has 0 aliphatic carbocycles. The van der Waals surface area contributed by atoms with Crippen LogP contribution in [0.3, 0.4) is 0 Å². The SMILES string of the molecule is [B]c1c([B])c([B])c(N)c(C)c1[B]. The molecule has 0 spiro atoms. The summed E-state index contributed by atoms with van der Waals surface area (Å²) in [5.41, 5.74) is 7.97. The first-order valence-corrected chi connectivity index (χ1v) is 3.44. The van der Waals surface area contributed by atoms with Crippen molar-refractivity contribution in [2.24, 2.45) is 0 Å². The smallest absolute Gasteiger partial charge is 0.115 e. The largest absolute Gasteiger partial charge is 0.399 e. The second-order valence-electron chi connectivity index (χ2n) is 2.69. The zero-order chi connectivity index (χ0) is 9.46. The molecular weight excluding hydrogens is 141 g/mol. The summed E-state index contributed by atoms with van der Waals surface area (Å²) < 4.78 is 0. The number of rotatable bonds is 0. The van der Waals surface area contributed by atoms with E-state index in [-0.39, 0.29) is 5.46 Å². The second-order valence-corrected chi connectivity index (χ2v) is 2.69. The van der Waals surface area contributed by atoms with E-state index >= 15 is 0 Å². The standard InChI is InChI=1S/C7H5B4N/c1-2-3(8)4(9)5(10)6(11)7(2)12/h12H2,1H3. The Labute approximate surface area is 77.7 Å². The molecule has 0 saturated heterocycles. The van der Waals surface area contributed by atoms with E-state index in [0.717, 1.165) is 0 Å². The quantitative estimate of drug-likeness (QED) is 0.302. The van der Waals surface area contributed by atoms with Crippen LogP contribution in [0.25, 0.3) is 0 Å². The molecule has 1 aromatic carbocycles. The minimum Gasteiger partial charge on any atom is -0.399 e. The van der Waals surface area contributed by atoms with Gasteiger partial charge in [0.25, 0.3) is 0 Å². The van der Waals surface area contributed by atoms with Gasteiger partial charge in [0.1, 0.15) is 31.4 Å². The van der Waals surface area contributed by atoms with E-state index in [9.17, 15) is 0 Å². The minimum absolute atomic E-state index is 0.260. The minimum atomic E-state index is 0.260. The van der Waals surface area contributed by atoms with E-state index < -0.39 is 0 Å². The highest BCUT2D eigenvalue weighted by Gasteiger charge is 2.06. The summed E-state index contributed by atoms with van der Waals surface area (Å²) in [5, 5.41) is 0. The number of anilines is 1. The third-order valence-corrected chi connectivity index (χ3v) is 1.97. The predicted octanol–water partition coefficient (Wildman–Crippen LogP) is -3.25. The van der Waals surface area contributed by atoms with Gasteiger partial charge in [0.05, 0.1) is 0 Å². The maximum atomic E-state index is 5.61. The van der Waals surface area contributed by atoms with Crippen molar-refractivity contribution in [1.82, 2.24) is 0 Å². The summed E-state index contributed by atoms with van der Waals surface area (Å²) >= 11 is 0. The lowest BCUT2D eigenvalue weighted by molar-refractivity contribution is 1.55. The van der Waals surface area contributed by atoms with E-state index in [1.54, 1.807) is 6.92 Å². The molecule has 0 aliphatic heterocycles. The molecule has 0 amide bonds. The predicted molar refractivity (Wildman–Crippen MR) is 57.1 cm³/mol. The van der Waals surface area contributed by atoms with Gasteiger partial charge in [-0.2, -0.15) is 0 Å². The Morgan fingerprint density at radius 3 is 1.75 bits per heavy atom. The van der Waals surface area contributed by atoms with E-state index in [1.807, 2.05) is 0 Å². The summed E-state index contributed by atoms with van der Waals surface area (Å²) in [7, 11) is 22.3. The maximum absolute atomic E-state index is 5.61. The first-order valence-electron chi connectivity index (χ1n) is 3.44. The van der Waals surface area contributed by atoms with Crippen LogP contribution in [0.4, 0.5) is 5.69 Å². The molecule has 0 aliphatic rings. The third-order valence-electron chi connectivity index (χ3n) is 1.97. The van der Waals surface area contributed by atoms with Gasteiger partial charge in [0.2, 0.25) is 0 Å². The summed E-state index contributed by atoms with van der Waals surface area (Å²) in [4.78, 5) is 0. The van der Waals surface area contributed by atoms with Crippen LogP contribution in [-0.2, 0) is 0 Å². The van der Waals surface area contributed by atoms with Crippen molar-refractivity contribution in [2.75, 3.05) is 5.73 Å². The van der Waals surface area contributed by atoms with Gasteiger partial charge in [-0.15, -0.1) is 10.9 Å². The van der Waals surface area contributed by atoms with Crippen molar-refractivity contribution in [3.05, 3.63) is 5.56 Å². The summed E-state index contributed by atoms with van der Waals surface area (Å²) in [6.45, 7) is 1.75. The summed E-state index contributed by atoms with van der Waals surface area (Å²) in [5.74, 6) is 0. The van der Waals surface area contributed by atoms with Gasteiger partial charge in [-0.1, -0.05) is 10.9 Å². The highest BCUT2D eigenvalue weighted by atomic mass is 14.6. The number of nitrogens with two attached hydrogens (primary N) is 1. The maximum Gasteiger partial charge on any atom is 0.115 e. The molecule has 0 heterocycles. The van der Waals surface area contributed by atoms with E-state index in [4.69, 9.17) is 37.1 Å². The second kappa shape index (κ2) is 2.96. The number of hydrogen-bond donors (Lipinski definition) is 1. The zero-order valence-electron chi connectivity index (χ0n) is 6.89. The van der Waals surface area contributed by atoms with Crippen LogP contribution in [0.5, 0.6) is 0 Å². The molecule has 1 aromatic rings. The molecule has 5 heteroatoms. The fraction of sp³-hybridized carbons (Fsp3) is 0.143. The number of benzene rings is 1. The molecule has 2 N–H and O–H groups in total. The Hall–Kier alpha value is -0.720. The molecule has 1 nitrogen and oxygen atoms in total. The van der Waals surface area contributed by atoms with Crippen molar-refractivity contribution in [3.8, 4) is 0 Å². The van der Waals surface area contributed by atoms with Gasteiger partial charge in [0.15, 0.2) is 0 Å². The topological polar surface area (TPSA) is 26.0 Å². The fourth-order valence-corrected chi connectivity index (χ4v) is 0.984. The molecule has 0 unspecified atom stereocenters. The molecule has 0 saturated carbocycles. The summed E-state index contributed by atoms with van der Waals surface area (Å²) in [6, 6.07) is 0. The lowest BCUT2D eigenvalue weighted by atomic mass is 9.65. The van der Waals surface area contributed by atoms with Crippen LogP contribution in [-0.4, -0.2) is 31.4 Å². The molecule has 0 aromatic heterocycles. The summed E-state index contributed by atoms with van der Waals surface area (Å²) in [6.07, 6.45) is 0. The van der Waals surface area contributed by atoms with Crippen LogP contribution in [0, 0.1) is 6.92 Å². The average Bonchev–Trinajstić information content (AvgIpc) is 2.08. The number of hydrogen-bond acceptors (Lipinski definition) is 1. The Bertz CT molecular complexity index is 230. The van der Waals surface area contributed by atoms with Crippen LogP contribution < -0.4 is 27.6 Å². The zero-order valence-corrected chi connectivity index (χ0v) is 6.89. The van der Waals surface area contributed by atoms with Gasteiger partial charge >= 0.3 is 0 Å². The van der Waals surface area contributed by atoms with E-state index in [1.165, 1.54) is 0 Å². The Morgan fingerprint density at radius 1 is 0.833 bits per heavy atom. The normalized spacial score (nSPS) is 10.1. The van der Waals surface area contributed by atoms with Crippen molar-refractivity contribution in [1.29, 1.82) is 0 Å². The Balaban J connectivity index is 3.60. The lowest BCUT2D eigenvalue weighted by Crippen LogP contribution is -2.49. The Morgan fingerprint density at radius 2 is 1.25 bits per heavy atom. The third kappa shape index (κ3) is 1.17. The molecule has 0 atom stereocenters. The first-order chi connectivity index (χ1) is 5.46. The van der Waals surface area contributed by atoms with Crippen LogP contribution >= 0.6 is 0 Å². The molecular formula is C7H5B4N. The Kier molecular flexibility index (Phi) is 2.31. The van der Waals surface area contributed by atoms with Crippen molar-refractivity contribution < 1.29 is 0 Å². The van der Waals surface area contributed by atoms with E-state index in [0.29, 0.717) is 27.6 Å². The van der Waals surface area contributed by atoms with Gasteiger partial charge < -0.3 is 5.73 Å². The van der Waals surface area contributed by atoms with Crippen LogP contribution in [0.2, 0.25) is 0 Å². The molecule has 0 bridgehead atoms.